The second-order valence-electron chi connectivity index (χ2n) is 4.38. The van der Waals surface area contributed by atoms with Crippen LogP contribution >= 0.6 is 0 Å². The number of benzene rings is 2. The number of nitrogens with two attached hydrogens (primary N) is 1. The van der Waals surface area contributed by atoms with Gasteiger partial charge < -0.3 is 14.9 Å². The molecule has 19 heavy (non-hydrogen) atoms. The van der Waals surface area contributed by atoms with E-state index in [1.165, 1.54) is 0 Å². The van der Waals surface area contributed by atoms with E-state index in [1.807, 2.05) is 48.5 Å². The third-order valence-electron chi connectivity index (χ3n) is 3.21. The molecule has 3 heteroatoms. The van der Waals surface area contributed by atoms with Gasteiger partial charge in [0.15, 0.2) is 0 Å². The van der Waals surface area contributed by atoms with Crippen LogP contribution in [0.15, 0.2) is 52.9 Å². The molecule has 3 aromatic rings. The highest BCUT2D eigenvalue weighted by Crippen LogP contribution is 2.30. The topological polar surface area (TPSA) is 48.4 Å². The second kappa shape index (κ2) is 4.78. The Balaban J connectivity index is 2.10. The zero-order valence-electron chi connectivity index (χ0n) is 10.7. The first kappa shape index (κ1) is 11.8. The van der Waals surface area contributed by atoms with Crippen molar-refractivity contribution in [3.8, 4) is 17.1 Å². The van der Waals surface area contributed by atoms with E-state index in [0.717, 1.165) is 33.6 Å². The Bertz CT molecular complexity index is 683. The minimum atomic E-state index is 0.442. The van der Waals surface area contributed by atoms with Gasteiger partial charge in [0.05, 0.1) is 7.11 Å². The average molecular weight is 253 g/mol. The van der Waals surface area contributed by atoms with Gasteiger partial charge >= 0.3 is 0 Å². The van der Waals surface area contributed by atoms with Crippen LogP contribution in [0.2, 0.25) is 0 Å². The maximum absolute atomic E-state index is 5.85. The molecule has 3 nitrogen and oxygen atoms in total. The van der Waals surface area contributed by atoms with Gasteiger partial charge in [0.25, 0.3) is 0 Å². The summed E-state index contributed by atoms with van der Waals surface area (Å²) in [7, 11) is 1.65. The van der Waals surface area contributed by atoms with Crippen molar-refractivity contribution in [3.63, 3.8) is 0 Å². The standard InChI is InChI=1S/C16H15NO2/c1-18-14-7-6-12(8-13(14)10-17)16-9-11-4-2-3-5-15(11)19-16/h2-9H,10,17H2,1H3. The average Bonchev–Trinajstić information content (AvgIpc) is 2.90. The fourth-order valence-corrected chi connectivity index (χ4v) is 2.22. The van der Waals surface area contributed by atoms with Gasteiger partial charge in [-0.2, -0.15) is 0 Å². The summed E-state index contributed by atoms with van der Waals surface area (Å²) in [5.41, 5.74) is 8.61. The van der Waals surface area contributed by atoms with Crippen LogP contribution in [0.4, 0.5) is 0 Å². The number of hydrogen-bond acceptors (Lipinski definition) is 3. The molecule has 0 bridgehead atoms. The van der Waals surface area contributed by atoms with Gasteiger partial charge in [0.2, 0.25) is 0 Å². The Morgan fingerprint density at radius 1 is 1.11 bits per heavy atom. The molecule has 2 aromatic carbocycles. The molecule has 3 rings (SSSR count). The van der Waals surface area contributed by atoms with Gasteiger partial charge in [-0.25, -0.2) is 0 Å². The predicted octanol–water partition coefficient (Wildman–Crippen LogP) is 3.57. The van der Waals surface area contributed by atoms with Crippen LogP contribution in [0.1, 0.15) is 5.56 Å². The van der Waals surface area contributed by atoms with Crippen molar-refractivity contribution < 1.29 is 9.15 Å². The highest BCUT2D eigenvalue weighted by atomic mass is 16.5. The lowest BCUT2D eigenvalue weighted by molar-refractivity contribution is 0.410. The first-order valence-corrected chi connectivity index (χ1v) is 6.18. The molecule has 1 aromatic heterocycles. The van der Waals surface area contributed by atoms with Crippen LogP contribution in [0.5, 0.6) is 5.75 Å². The third-order valence-corrected chi connectivity index (χ3v) is 3.21. The first-order chi connectivity index (χ1) is 9.31. The monoisotopic (exact) mass is 253 g/mol. The van der Waals surface area contributed by atoms with Gasteiger partial charge in [-0.05, 0) is 30.3 Å². The molecule has 2 N–H and O–H groups in total. The van der Waals surface area contributed by atoms with E-state index < -0.39 is 0 Å². The summed E-state index contributed by atoms with van der Waals surface area (Å²) in [6, 6.07) is 15.9. The molecule has 1 heterocycles. The van der Waals surface area contributed by atoms with E-state index in [9.17, 15) is 0 Å². The minimum absolute atomic E-state index is 0.442. The van der Waals surface area contributed by atoms with Crippen LogP contribution in [0, 0.1) is 0 Å². The summed E-state index contributed by atoms with van der Waals surface area (Å²) in [6.07, 6.45) is 0. The maximum Gasteiger partial charge on any atom is 0.135 e. The van der Waals surface area contributed by atoms with Crippen molar-refractivity contribution in [2.75, 3.05) is 7.11 Å². The number of hydrogen-bond donors (Lipinski definition) is 1. The number of ether oxygens (including phenoxy) is 1. The Labute approximate surface area is 111 Å². The first-order valence-electron chi connectivity index (χ1n) is 6.18. The Morgan fingerprint density at radius 3 is 2.68 bits per heavy atom. The molecule has 0 atom stereocenters. The number of furan rings is 1. The van der Waals surface area contributed by atoms with E-state index >= 15 is 0 Å². The van der Waals surface area contributed by atoms with Crippen molar-refractivity contribution in [1.29, 1.82) is 0 Å². The molecule has 0 fully saturated rings. The van der Waals surface area contributed by atoms with Crippen LogP contribution in [0.3, 0.4) is 0 Å². The number of fused-ring (bicyclic) bond motifs is 1. The summed E-state index contributed by atoms with van der Waals surface area (Å²) in [5.74, 6) is 1.65. The molecule has 0 amide bonds. The van der Waals surface area contributed by atoms with Crippen molar-refractivity contribution in [3.05, 3.63) is 54.1 Å². The maximum atomic E-state index is 5.85. The van der Waals surface area contributed by atoms with E-state index in [0.29, 0.717) is 6.54 Å². The van der Waals surface area contributed by atoms with Crippen LogP contribution in [0.25, 0.3) is 22.3 Å². The van der Waals surface area contributed by atoms with Crippen molar-refractivity contribution >= 4 is 11.0 Å². The fraction of sp³-hybridized carbons (Fsp3) is 0.125. The fourth-order valence-electron chi connectivity index (χ4n) is 2.22. The predicted molar refractivity (Wildman–Crippen MR) is 76.1 cm³/mol. The summed E-state index contributed by atoms with van der Waals surface area (Å²) in [4.78, 5) is 0. The van der Waals surface area contributed by atoms with Gasteiger partial charge in [-0.1, -0.05) is 18.2 Å². The summed E-state index contributed by atoms with van der Waals surface area (Å²) >= 11 is 0. The normalized spacial score (nSPS) is 10.8. The summed E-state index contributed by atoms with van der Waals surface area (Å²) < 4.78 is 11.1. The Kier molecular flexibility index (Phi) is 2.97. The molecule has 0 radical (unpaired) electrons. The quantitative estimate of drug-likeness (QED) is 0.776. The van der Waals surface area contributed by atoms with E-state index in [-0.39, 0.29) is 0 Å². The molecular weight excluding hydrogens is 238 g/mol. The third kappa shape index (κ3) is 2.09. The highest BCUT2D eigenvalue weighted by molar-refractivity contribution is 5.82. The molecule has 0 aliphatic heterocycles. The highest BCUT2D eigenvalue weighted by Gasteiger charge is 2.08. The molecular formula is C16H15NO2. The molecule has 0 saturated carbocycles. The van der Waals surface area contributed by atoms with Gasteiger partial charge in [0.1, 0.15) is 17.1 Å². The van der Waals surface area contributed by atoms with Crippen molar-refractivity contribution in [2.45, 2.75) is 6.54 Å². The smallest absolute Gasteiger partial charge is 0.135 e. The molecule has 0 aliphatic rings. The lowest BCUT2D eigenvalue weighted by atomic mass is 10.1. The van der Waals surface area contributed by atoms with Crippen LogP contribution < -0.4 is 10.5 Å². The minimum Gasteiger partial charge on any atom is -0.496 e. The van der Waals surface area contributed by atoms with Gasteiger partial charge in [-0.3, -0.25) is 0 Å². The lowest BCUT2D eigenvalue weighted by Crippen LogP contribution is -1.99. The largest absolute Gasteiger partial charge is 0.496 e. The van der Waals surface area contributed by atoms with Gasteiger partial charge in [-0.15, -0.1) is 0 Å². The van der Waals surface area contributed by atoms with E-state index in [2.05, 4.69) is 0 Å². The number of para-hydroxylation sites is 1. The summed E-state index contributed by atoms with van der Waals surface area (Å²) in [6.45, 7) is 0.442. The number of methoxy groups -OCH3 is 1. The van der Waals surface area contributed by atoms with E-state index in [4.69, 9.17) is 14.9 Å². The number of rotatable bonds is 3. The molecule has 96 valence electrons. The summed E-state index contributed by atoms with van der Waals surface area (Å²) in [5, 5.41) is 1.10. The second-order valence-corrected chi connectivity index (χ2v) is 4.38. The van der Waals surface area contributed by atoms with Crippen molar-refractivity contribution in [1.82, 2.24) is 0 Å². The van der Waals surface area contributed by atoms with Gasteiger partial charge in [0, 0.05) is 23.1 Å². The molecule has 0 unspecified atom stereocenters. The Morgan fingerprint density at radius 2 is 1.95 bits per heavy atom. The Hall–Kier alpha value is -2.26. The van der Waals surface area contributed by atoms with Crippen LogP contribution in [-0.4, -0.2) is 7.11 Å². The van der Waals surface area contributed by atoms with Crippen LogP contribution in [-0.2, 0) is 6.54 Å². The molecule has 0 spiro atoms. The van der Waals surface area contributed by atoms with Crippen molar-refractivity contribution in [2.24, 2.45) is 5.73 Å². The van der Waals surface area contributed by atoms with E-state index in [1.54, 1.807) is 7.11 Å². The molecule has 0 aliphatic carbocycles. The zero-order valence-corrected chi connectivity index (χ0v) is 10.7. The molecule has 0 saturated heterocycles. The lowest BCUT2D eigenvalue weighted by Gasteiger charge is -2.07. The zero-order chi connectivity index (χ0) is 13.2. The SMILES string of the molecule is COc1ccc(-c2cc3ccccc3o2)cc1CN.